The number of rotatable bonds is 4. The molecule has 1 aliphatic heterocycles. The fourth-order valence-electron chi connectivity index (χ4n) is 2.48. The zero-order valence-corrected chi connectivity index (χ0v) is 12.6. The fourth-order valence-corrected chi connectivity index (χ4v) is 2.48. The highest BCUT2D eigenvalue weighted by molar-refractivity contribution is 6.04. The van der Waals surface area contributed by atoms with Gasteiger partial charge in [-0.1, -0.05) is 13.8 Å². The Morgan fingerprint density at radius 2 is 2.05 bits per heavy atom. The molecule has 2 rings (SSSR count). The summed E-state index contributed by atoms with van der Waals surface area (Å²) in [5.41, 5.74) is 6.66. The van der Waals surface area contributed by atoms with Crippen LogP contribution in [-0.4, -0.2) is 34.4 Å². The average Bonchev–Trinajstić information content (AvgIpc) is 2.42. The number of aromatic nitrogens is 2. The van der Waals surface area contributed by atoms with Gasteiger partial charge < -0.3 is 10.6 Å². The van der Waals surface area contributed by atoms with Gasteiger partial charge in [-0.25, -0.2) is 9.97 Å². The van der Waals surface area contributed by atoms with Crippen molar-refractivity contribution >= 4 is 23.5 Å². The van der Waals surface area contributed by atoms with E-state index in [1.807, 2.05) is 20.8 Å². The minimum Gasteiger partial charge on any atom is -0.383 e. The molecule has 0 bridgehead atoms. The second-order valence-electron chi connectivity index (χ2n) is 5.19. The van der Waals surface area contributed by atoms with E-state index in [4.69, 9.17) is 5.73 Å². The zero-order chi connectivity index (χ0) is 15.6. The van der Waals surface area contributed by atoms with Gasteiger partial charge in [-0.05, 0) is 19.8 Å². The molecule has 2 amide bonds. The monoisotopic (exact) mass is 291 g/mol. The molecule has 0 aromatic carbocycles. The standard InChI is InChI=1S/C14H21N5O2/c1-4-6-10-16-12(15)8(3)13(17-10)19-7-11(20)18-14(21)9(19)5-2/h9H,4-7H2,1-3H3,(H2,15,16,17)(H,18,20,21). The zero-order valence-electron chi connectivity index (χ0n) is 12.6. The molecule has 1 aliphatic rings. The van der Waals surface area contributed by atoms with Crippen molar-refractivity contribution < 1.29 is 9.59 Å². The number of hydrogen-bond acceptors (Lipinski definition) is 6. The van der Waals surface area contributed by atoms with Crippen molar-refractivity contribution in [3.05, 3.63) is 11.4 Å². The van der Waals surface area contributed by atoms with Gasteiger partial charge in [0.05, 0.1) is 6.54 Å². The highest BCUT2D eigenvalue weighted by Gasteiger charge is 2.34. The Labute approximate surface area is 123 Å². The van der Waals surface area contributed by atoms with Crippen LogP contribution in [0.3, 0.4) is 0 Å². The van der Waals surface area contributed by atoms with Crippen LogP contribution in [0.2, 0.25) is 0 Å². The Balaban J connectivity index is 2.47. The number of anilines is 2. The quantitative estimate of drug-likeness (QED) is 0.786. The van der Waals surface area contributed by atoms with Crippen molar-refractivity contribution in [1.82, 2.24) is 15.3 Å². The van der Waals surface area contributed by atoms with Gasteiger partial charge >= 0.3 is 0 Å². The maximum absolute atomic E-state index is 12.0. The summed E-state index contributed by atoms with van der Waals surface area (Å²) in [5, 5.41) is 2.36. The first-order valence-corrected chi connectivity index (χ1v) is 7.21. The summed E-state index contributed by atoms with van der Waals surface area (Å²) < 4.78 is 0. The Kier molecular flexibility index (Phi) is 4.40. The van der Waals surface area contributed by atoms with Crippen LogP contribution in [0.5, 0.6) is 0 Å². The third-order valence-electron chi connectivity index (χ3n) is 3.59. The lowest BCUT2D eigenvalue weighted by molar-refractivity contribution is -0.132. The average molecular weight is 291 g/mol. The van der Waals surface area contributed by atoms with E-state index in [-0.39, 0.29) is 18.4 Å². The second kappa shape index (κ2) is 6.07. The molecule has 0 saturated carbocycles. The van der Waals surface area contributed by atoms with Gasteiger partial charge in [0.25, 0.3) is 0 Å². The number of piperazine rings is 1. The molecule has 0 spiro atoms. The van der Waals surface area contributed by atoms with Crippen LogP contribution >= 0.6 is 0 Å². The maximum Gasteiger partial charge on any atom is 0.249 e. The molecule has 0 radical (unpaired) electrons. The number of nitrogens with two attached hydrogens (primary N) is 1. The third-order valence-corrected chi connectivity index (χ3v) is 3.59. The Morgan fingerprint density at radius 3 is 2.67 bits per heavy atom. The number of hydrogen-bond donors (Lipinski definition) is 2. The number of imide groups is 1. The van der Waals surface area contributed by atoms with E-state index in [1.54, 1.807) is 4.90 Å². The molecule has 1 aromatic heterocycles. The van der Waals surface area contributed by atoms with Gasteiger partial charge in [0, 0.05) is 12.0 Å². The minimum absolute atomic E-state index is 0.104. The number of aryl methyl sites for hydroxylation is 1. The number of nitrogens with one attached hydrogen (secondary N) is 1. The molecular formula is C14H21N5O2. The lowest BCUT2D eigenvalue weighted by atomic mass is 10.1. The van der Waals surface area contributed by atoms with Crippen LogP contribution < -0.4 is 16.0 Å². The van der Waals surface area contributed by atoms with Crippen molar-refractivity contribution in [3.8, 4) is 0 Å². The Hall–Kier alpha value is -2.18. The number of nitrogen functional groups attached to an aromatic ring is 1. The molecule has 7 nitrogen and oxygen atoms in total. The smallest absolute Gasteiger partial charge is 0.249 e. The number of carbonyl (C=O) groups is 2. The molecule has 0 aliphatic carbocycles. The van der Waals surface area contributed by atoms with Crippen LogP contribution in [0, 0.1) is 6.92 Å². The summed E-state index contributed by atoms with van der Waals surface area (Å²) in [7, 11) is 0. The van der Waals surface area contributed by atoms with Gasteiger partial charge in [-0.3, -0.25) is 14.9 Å². The van der Waals surface area contributed by atoms with Crippen LogP contribution in [0.15, 0.2) is 0 Å². The highest BCUT2D eigenvalue weighted by atomic mass is 16.2. The van der Waals surface area contributed by atoms with Crippen molar-refractivity contribution in [2.45, 2.75) is 46.1 Å². The SMILES string of the molecule is CCCc1nc(N)c(C)c(N2CC(=O)NC(=O)C2CC)n1. The number of nitrogens with zero attached hydrogens (tertiary/aromatic N) is 3. The van der Waals surface area contributed by atoms with Crippen LogP contribution in [0.25, 0.3) is 0 Å². The first-order valence-electron chi connectivity index (χ1n) is 7.21. The summed E-state index contributed by atoms with van der Waals surface area (Å²) in [6.07, 6.45) is 2.20. The molecule has 1 saturated heterocycles. The van der Waals surface area contributed by atoms with E-state index in [0.29, 0.717) is 35.9 Å². The molecule has 114 valence electrons. The summed E-state index contributed by atoms with van der Waals surface area (Å²) in [5.74, 6) is 1.02. The van der Waals surface area contributed by atoms with E-state index in [1.165, 1.54) is 0 Å². The largest absolute Gasteiger partial charge is 0.383 e. The molecule has 21 heavy (non-hydrogen) atoms. The molecular weight excluding hydrogens is 270 g/mol. The molecule has 1 aromatic rings. The number of amides is 2. The highest BCUT2D eigenvalue weighted by Crippen LogP contribution is 2.26. The third kappa shape index (κ3) is 2.96. The lowest BCUT2D eigenvalue weighted by Gasteiger charge is -2.35. The van der Waals surface area contributed by atoms with Crippen LogP contribution in [0.1, 0.15) is 38.1 Å². The van der Waals surface area contributed by atoms with Crippen molar-refractivity contribution in [2.24, 2.45) is 0 Å². The van der Waals surface area contributed by atoms with Gasteiger partial charge in [0.1, 0.15) is 23.5 Å². The van der Waals surface area contributed by atoms with Gasteiger partial charge in [0.2, 0.25) is 11.8 Å². The second-order valence-corrected chi connectivity index (χ2v) is 5.19. The summed E-state index contributed by atoms with van der Waals surface area (Å²) in [6, 6.07) is -0.412. The van der Waals surface area contributed by atoms with E-state index in [9.17, 15) is 9.59 Å². The Morgan fingerprint density at radius 1 is 1.33 bits per heavy atom. The minimum atomic E-state index is -0.412. The summed E-state index contributed by atoms with van der Waals surface area (Å²) in [4.78, 5) is 34.2. The first kappa shape index (κ1) is 15.2. The van der Waals surface area contributed by atoms with Gasteiger partial charge in [-0.2, -0.15) is 0 Å². The van der Waals surface area contributed by atoms with Gasteiger partial charge in [-0.15, -0.1) is 0 Å². The Bertz CT molecular complexity index is 573. The molecule has 1 fully saturated rings. The van der Waals surface area contributed by atoms with Crippen molar-refractivity contribution in [2.75, 3.05) is 17.2 Å². The molecule has 3 N–H and O–H groups in total. The number of carbonyl (C=O) groups excluding carboxylic acids is 2. The van der Waals surface area contributed by atoms with E-state index < -0.39 is 6.04 Å². The molecule has 2 heterocycles. The van der Waals surface area contributed by atoms with E-state index >= 15 is 0 Å². The van der Waals surface area contributed by atoms with Crippen LogP contribution in [0.4, 0.5) is 11.6 Å². The fraction of sp³-hybridized carbons (Fsp3) is 0.571. The predicted octanol–water partition coefficient (Wildman–Crippen LogP) is 0.561. The van der Waals surface area contributed by atoms with Crippen molar-refractivity contribution in [3.63, 3.8) is 0 Å². The normalized spacial score (nSPS) is 18.8. The van der Waals surface area contributed by atoms with Crippen molar-refractivity contribution in [1.29, 1.82) is 0 Å². The summed E-state index contributed by atoms with van der Waals surface area (Å²) >= 11 is 0. The van der Waals surface area contributed by atoms with E-state index in [2.05, 4.69) is 15.3 Å². The predicted molar refractivity (Wildman–Crippen MR) is 79.8 cm³/mol. The van der Waals surface area contributed by atoms with Gasteiger partial charge in [0.15, 0.2) is 0 Å². The van der Waals surface area contributed by atoms with Crippen LogP contribution in [-0.2, 0) is 16.0 Å². The lowest BCUT2D eigenvalue weighted by Crippen LogP contribution is -2.58. The molecule has 7 heteroatoms. The molecule has 1 unspecified atom stereocenters. The molecule has 1 atom stereocenters. The van der Waals surface area contributed by atoms with E-state index in [0.717, 1.165) is 6.42 Å². The maximum atomic E-state index is 12.0. The first-order chi connectivity index (χ1) is 9.97. The summed E-state index contributed by atoms with van der Waals surface area (Å²) in [6.45, 7) is 5.85. The topological polar surface area (TPSA) is 101 Å².